The Labute approximate surface area is 277 Å². The lowest BCUT2D eigenvalue weighted by molar-refractivity contribution is 0.669. The molecular weight excluding hydrogens is 544 g/mol. The lowest BCUT2D eigenvalue weighted by Gasteiger charge is -2.18. The highest BCUT2D eigenvalue weighted by Gasteiger charge is 2.21. The van der Waals surface area contributed by atoms with E-state index in [4.69, 9.17) is 18.1 Å². The smallest absolute Gasteiger partial charge is 0.136 e. The molecule has 9 aromatic rings. The molecule has 0 atom stereocenters. The van der Waals surface area contributed by atoms with Gasteiger partial charge in [-0.15, -0.1) is 0 Å². The summed E-state index contributed by atoms with van der Waals surface area (Å²) in [7, 11) is 0. The number of hydrogen-bond donors (Lipinski definition) is 0. The molecule has 0 spiro atoms. The van der Waals surface area contributed by atoms with Gasteiger partial charge in [0.1, 0.15) is 11.2 Å². The standard InChI is InChI=1S/C44H28O/c1-3-13-29(14-4-1)30-25-27-32(28-26-30)41-34-17-7-9-19-36(34)42(37-20-10-8-18-35(37)41)38-22-12-24-40-44(38)43-33(21-11-23-39(43)45-40)31-15-5-2-6-16-31/h1-28H/i2D,5D,6D,11D,12D,15D,16D,21D,22D,23D,24D. The van der Waals surface area contributed by atoms with Gasteiger partial charge in [0.2, 0.25) is 0 Å². The molecule has 9 rings (SSSR count). The van der Waals surface area contributed by atoms with E-state index in [0.717, 1.165) is 33.0 Å². The highest BCUT2D eigenvalue weighted by Crippen LogP contribution is 2.48. The number of benzene rings is 8. The molecular formula is C44H28O. The summed E-state index contributed by atoms with van der Waals surface area (Å²) in [6.07, 6.45) is 0. The molecule has 0 aliphatic carbocycles. The highest BCUT2D eigenvalue weighted by atomic mass is 16.3. The van der Waals surface area contributed by atoms with Crippen molar-refractivity contribution in [2.45, 2.75) is 0 Å². The van der Waals surface area contributed by atoms with Crippen molar-refractivity contribution in [1.82, 2.24) is 0 Å². The van der Waals surface area contributed by atoms with Crippen LogP contribution in [0.5, 0.6) is 0 Å². The predicted molar refractivity (Wildman–Crippen MR) is 190 cm³/mol. The van der Waals surface area contributed by atoms with Crippen LogP contribution < -0.4 is 0 Å². The molecule has 1 aromatic heterocycles. The first kappa shape index (κ1) is 16.8. The van der Waals surface area contributed by atoms with Crippen LogP contribution in [0.3, 0.4) is 0 Å². The largest absolute Gasteiger partial charge is 0.456 e. The second kappa shape index (κ2) is 10.4. The first-order chi connectivity index (χ1) is 26.9. The van der Waals surface area contributed by atoms with Crippen LogP contribution in [0.25, 0.3) is 88.0 Å². The van der Waals surface area contributed by atoms with E-state index < -0.39 is 60.4 Å². The third-order valence-electron chi connectivity index (χ3n) is 8.35. The van der Waals surface area contributed by atoms with Gasteiger partial charge >= 0.3 is 0 Å². The Kier molecular flexibility index (Phi) is 3.87. The van der Waals surface area contributed by atoms with E-state index in [1.165, 1.54) is 0 Å². The molecule has 0 N–H and O–H groups in total. The molecule has 210 valence electrons. The second-order valence-electron chi connectivity index (χ2n) is 10.8. The van der Waals surface area contributed by atoms with E-state index in [-0.39, 0.29) is 44.7 Å². The van der Waals surface area contributed by atoms with Gasteiger partial charge < -0.3 is 4.42 Å². The average Bonchev–Trinajstić information content (AvgIpc) is 3.62. The lowest BCUT2D eigenvalue weighted by Crippen LogP contribution is -1.91. The van der Waals surface area contributed by atoms with E-state index in [1.807, 2.05) is 66.7 Å². The SMILES string of the molecule is [2H]c1c([2H])c([2H])c(-c2c([2H])c([2H])c([2H])c3oc4c([2H])c([2H])c([2H])c(-c5c6ccccc6c(-c6ccc(-c7ccccc7)cc6)c6ccccc56)c4c23)c([2H])c1[2H]. The van der Waals surface area contributed by atoms with Gasteiger partial charge in [0, 0.05) is 10.8 Å². The summed E-state index contributed by atoms with van der Waals surface area (Å²) in [4.78, 5) is 0. The van der Waals surface area contributed by atoms with E-state index in [1.54, 1.807) is 0 Å². The van der Waals surface area contributed by atoms with Gasteiger partial charge in [-0.25, -0.2) is 0 Å². The summed E-state index contributed by atoms with van der Waals surface area (Å²) >= 11 is 0. The van der Waals surface area contributed by atoms with Gasteiger partial charge in [0.15, 0.2) is 0 Å². The summed E-state index contributed by atoms with van der Waals surface area (Å²) in [6.45, 7) is 0. The van der Waals surface area contributed by atoms with Crippen LogP contribution >= 0.6 is 0 Å². The third kappa shape index (κ3) is 4.09. The Morgan fingerprint density at radius 1 is 0.356 bits per heavy atom. The number of furan rings is 1. The predicted octanol–water partition coefficient (Wildman–Crippen LogP) is 12.6. The van der Waals surface area contributed by atoms with Crippen molar-refractivity contribution in [1.29, 1.82) is 0 Å². The maximum absolute atomic E-state index is 9.51. The molecule has 0 radical (unpaired) electrons. The van der Waals surface area contributed by atoms with Crippen LogP contribution in [0.1, 0.15) is 15.1 Å². The Bertz CT molecular complexity index is 3050. The van der Waals surface area contributed by atoms with Crippen LogP contribution in [-0.2, 0) is 0 Å². The Morgan fingerprint density at radius 2 is 0.844 bits per heavy atom. The summed E-state index contributed by atoms with van der Waals surface area (Å²) in [5, 5.41) is 3.09. The Morgan fingerprint density at radius 3 is 1.47 bits per heavy atom. The third-order valence-corrected chi connectivity index (χ3v) is 8.35. The molecule has 0 bridgehead atoms. The maximum Gasteiger partial charge on any atom is 0.136 e. The minimum atomic E-state index is -0.650. The molecule has 0 saturated carbocycles. The highest BCUT2D eigenvalue weighted by molar-refractivity contribution is 6.26. The minimum absolute atomic E-state index is 0.0460. The molecule has 0 unspecified atom stereocenters. The quantitative estimate of drug-likeness (QED) is 0.188. The fourth-order valence-corrected chi connectivity index (χ4v) is 6.43. The average molecular weight is 584 g/mol. The molecule has 8 aromatic carbocycles. The lowest BCUT2D eigenvalue weighted by atomic mass is 9.84. The van der Waals surface area contributed by atoms with Gasteiger partial charge in [-0.1, -0.05) is 158 Å². The fourth-order valence-electron chi connectivity index (χ4n) is 6.43. The van der Waals surface area contributed by atoms with Gasteiger partial charge in [-0.05, 0) is 78.1 Å². The van der Waals surface area contributed by atoms with Crippen molar-refractivity contribution in [3.63, 3.8) is 0 Å². The normalized spacial score (nSPS) is 15.0. The van der Waals surface area contributed by atoms with Crippen LogP contribution in [-0.4, -0.2) is 0 Å². The van der Waals surface area contributed by atoms with Crippen molar-refractivity contribution < 1.29 is 19.5 Å². The van der Waals surface area contributed by atoms with Gasteiger partial charge in [0.05, 0.1) is 15.1 Å². The van der Waals surface area contributed by atoms with Gasteiger partial charge in [0.25, 0.3) is 0 Å². The van der Waals surface area contributed by atoms with Crippen LogP contribution in [0.15, 0.2) is 174 Å². The van der Waals surface area contributed by atoms with Crippen LogP contribution in [0, 0.1) is 0 Å². The van der Waals surface area contributed by atoms with Crippen molar-refractivity contribution in [2.75, 3.05) is 0 Å². The first-order valence-electron chi connectivity index (χ1n) is 20.0. The first-order valence-corrected chi connectivity index (χ1v) is 14.5. The summed E-state index contributed by atoms with van der Waals surface area (Å²) < 4.78 is 103. The van der Waals surface area contributed by atoms with Crippen LogP contribution in [0.4, 0.5) is 0 Å². The van der Waals surface area contributed by atoms with Crippen molar-refractivity contribution in [3.05, 3.63) is 170 Å². The van der Waals surface area contributed by atoms with Crippen LogP contribution in [0.2, 0.25) is 0 Å². The number of fused-ring (bicyclic) bond motifs is 5. The van der Waals surface area contributed by atoms with Crippen molar-refractivity contribution in [2.24, 2.45) is 0 Å². The van der Waals surface area contributed by atoms with Gasteiger partial charge in [-0.3, -0.25) is 0 Å². The monoisotopic (exact) mass is 583 g/mol. The van der Waals surface area contributed by atoms with E-state index in [0.29, 0.717) is 16.3 Å². The number of rotatable bonds is 4. The zero-order chi connectivity index (χ0) is 39.3. The second-order valence-corrected chi connectivity index (χ2v) is 10.8. The molecule has 0 amide bonds. The van der Waals surface area contributed by atoms with Crippen molar-refractivity contribution in [3.8, 4) is 44.5 Å². The van der Waals surface area contributed by atoms with Crippen molar-refractivity contribution >= 4 is 43.5 Å². The zero-order valence-electron chi connectivity index (χ0n) is 34.7. The zero-order valence-corrected chi connectivity index (χ0v) is 23.7. The maximum atomic E-state index is 9.51. The molecule has 0 saturated heterocycles. The fraction of sp³-hybridized carbons (Fsp3) is 0. The number of hydrogen-bond acceptors (Lipinski definition) is 1. The summed E-state index contributed by atoms with van der Waals surface area (Å²) in [5.41, 5.74) is 3.63. The Balaban J connectivity index is 1.47. The van der Waals surface area contributed by atoms with E-state index in [2.05, 4.69) is 36.4 Å². The summed E-state index contributed by atoms with van der Waals surface area (Å²) in [6, 6.07) is 27.6. The Hall–Kier alpha value is -5.92. The van der Waals surface area contributed by atoms with Gasteiger partial charge in [-0.2, -0.15) is 0 Å². The molecule has 1 nitrogen and oxygen atoms in total. The molecule has 45 heavy (non-hydrogen) atoms. The molecule has 1 heteroatoms. The minimum Gasteiger partial charge on any atom is -0.456 e. The summed E-state index contributed by atoms with van der Waals surface area (Å²) in [5.74, 6) is 0. The molecule has 0 aliphatic rings. The topological polar surface area (TPSA) is 13.1 Å². The van der Waals surface area contributed by atoms with E-state index in [9.17, 15) is 1.37 Å². The van der Waals surface area contributed by atoms with E-state index >= 15 is 0 Å². The molecule has 0 aliphatic heterocycles. The molecule has 0 fully saturated rings. The molecule has 1 heterocycles.